The second-order valence-corrected chi connectivity index (χ2v) is 13.0. The molecule has 0 saturated heterocycles. The van der Waals surface area contributed by atoms with Crippen molar-refractivity contribution in [3.8, 4) is 50.2 Å². The number of hydrogen-bond donors (Lipinski definition) is 0. The number of pyridine rings is 1. The van der Waals surface area contributed by atoms with Crippen LogP contribution in [0.2, 0.25) is 0 Å². The summed E-state index contributed by atoms with van der Waals surface area (Å²) >= 11 is 0. The molecule has 0 unspecified atom stereocenters. The lowest BCUT2D eigenvalue weighted by Gasteiger charge is -2.18. The largest absolute Gasteiger partial charge is 0.309 e. The first-order valence-corrected chi connectivity index (χ1v) is 17.3. The zero-order chi connectivity index (χ0) is 33.7. The molecular formula is C49H30N2. The van der Waals surface area contributed by atoms with Crippen LogP contribution in [-0.4, -0.2) is 9.55 Å². The first-order chi connectivity index (χ1) is 25.3. The molecule has 0 aliphatic rings. The molecule has 0 aliphatic heterocycles. The van der Waals surface area contributed by atoms with Crippen molar-refractivity contribution in [3.63, 3.8) is 0 Å². The maximum absolute atomic E-state index is 4.49. The SMILES string of the molecule is c1cccc(-c2c3ccccc3c(-c3ccccc3)c3cc(-c4ccc(-c5ccc6c(c5)c5cnccc5n6-c5ccccc5)cc4)ccc23)c#1. The number of aromatic nitrogens is 2. The molecule has 0 amide bonds. The van der Waals surface area contributed by atoms with E-state index in [2.05, 4.69) is 179 Å². The van der Waals surface area contributed by atoms with Crippen LogP contribution in [0.1, 0.15) is 0 Å². The van der Waals surface area contributed by atoms with Gasteiger partial charge in [0.05, 0.1) is 11.0 Å². The molecule has 0 saturated carbocycles. The van der Waals surface area contributed by atoms with Crippen molar-refractivity contribution in [2.24, 2.45) is 0 Å². The average Bonchev–Trinajstić information content (AvgIpc) is 3.54. The summed E-state index contributed by atoms with van der Waals surface area (Å²) in [5.74, 6) is 0. The number of nitrogens with zero attached hydrogens (tertiary/aromatic N) is 2. The summed E-state index contributed by atoms with van der Waals surface area (Å²) in [6.45, 7) is 0. The van der Waals surface area contributed by atoms with E-state index in [1.165, 1.54) is 71.4 Å². The number of fused-ring (bicyclic) bond motifs is 5. The second kappa shape index (κ2) is 11.9. The van der Waals surface area contributed by atoms with E-state index in [-0.39, 0.29) is 0 Å². The molecule has 2 heterocycles. The molecule has 0 radical (unpaired) electrons. The smallest absolute Gasteiger partial charge is 0.0571 e. The lowest BCUT2D eigenvalue weighted by atomic mass is 9.85. The Balaban J connectivity index is 1.11. The van der Waals surface area contributed by atoms with Gasteiger partial charge in [-0.2, -0.15) is 0 Å². The molecule has 2 heteroatoms. The Morgan fingerprint density at radius 2 is 1.02 bits per heavy atom. The maximum Gasteiger partial charge on any atom is 0.0571 e. The molecule has 0 aliphatic carbocycles. The number of rotatable bonds is 5. The summed E-state index contributed by atoms with van der Waals surface area (Å²) in [6.07, 6.45) is 3.86. The lowest BCUT2D eigenvalue weighted by Crippen LogP contribution is -1.93. The van der Waals surface area contributed by atoms with Crippen molar-refractivity contribution in [2.45, 2.75) is 0 Å². The first kappa shape index (κ1) is 29.0. The van der Waals surface area contributed by atoms with E-state index in [0.717, 1.165) is 22.2 Å². The highest BCUT2D eigenvalue weighted by atomic mass is 15.0. The number of benzene rings is 7. The summed E-state index contributed by atoms with van der Waals surface area (Å²) in [7, 11) is 0. The van der Waals surface area contributed by atoms with Crippen molar-refractivity contribution < 1.29 is 0 Å². The van der Waals surface area contributed by atoms with Crippen molar-refractivity contribution in [3.05, 3.63) is 194 Å². The van der Waals surface area contributed by atoms with Crippen LogP contribution >= 0.6 is 0 Å². The van der Waals surface area contributed by atoms with E-state index in [1.54, 1.807) is 0 Å². The Morgan fingerprint density at radius 3 is 1.75 bits per heavy atom. The van der Waals surface area contributed by atoms with Crippen LogP contribution in [0.5, 0.6) is 0 Å². The van der Waals surface area contributed by atoms with Gasteiger partial charge in [0.1, 0.15) is 0 Å². The molecule has 8 aromatic carbocycles. The highest BCUT2D eigenvalue weighted by Crippen LogP contribution is 2.44. The topological polar surface area (TPSA) is 17.8 Å². The second-order valence-electron chi connectivity index (χ2n) is 13.0. The van der Waals surface area contributed by atoms with Crippen molar-refractivity contribution >= 4 is 43.4 Å². The van der Waals surface area contributed by atoms with Gasteiger partial charge in [0.2, 0.25) is 0 Å². The predicted molar refractivity (Wildman–Crippen MR) is 213 cm³/mol. The summed E-state index contributed by atoms with van der Waals surface area (Å²) in [4.78, 5) is 4.49. The number of para-hydroxylation sites is 1. The van der Waals surface area contributed by atoms with Crippen LogP contribution in [0.3, 0.4) is 0 Å². The normalized spacial score (nSPS) is 11.4. The monoisotopic (exact) mass is 646 g/mol. The Kier molecular flexibility index (Phi) is 6.76. The standard InChI is InChI=1S/C49H30N2/c1-4-12-35(13-5-1)48-40-18-10-11-19-41(40)49(36-14-6-2-7-15-36)44-31-37(24-26-42(44)48)33-20-22-34(23-21-33)38-25-27-46-43(30-38)45-32-50-29-28-47(45)51(46)39-16-8-3-9-17-39/h1-4,6-12,14-32H. The third kappa shape index (κ3) is 4.79. The minimum atomic E-state index is 1.05. The molecule has 10 aromatic rings. The molecule has 51 heavy (non-hydrogen) atoms. The average molecular weight is 647 g/mol. The van der Waals surface area contributed by atoms with Gasteiger partial charge in [-0.1, -0.05) is 133 Å². The van der Waals surface area contributed by atoms with Gasteiger partial charge in [0.25, 0.3) is 0 Å². The summed E-state index contributed by atoms with van der Waals surface area (Å²) in [6, 6.07) is 67.5. The third-order valence-electron chi connectivity index (χ3n) is 10.1. The zero-order valence-corrected chi connectivity index (χ0v) is 27.7. The van der Waals surface area contributed by atoms with Gasteiger partial charge >= 0.3 is 0 Å². The van der Waals surface area contributed by atoms with Crippen LogP contribution in [-0.2, 0) is 0 Å². The fraction of sp³-hybridized carbons (Fsp3) is 0. The van der Waals surface area contributed by atoms with Crippen LogP contribution in [0, 0.1) is 12.1 Å². The quantitative estimate of drug-likeness (QED) is 0.170. The van der Waals surface area contributed by atoms with Gasteiger partial charge in [-0.05, 0) is 103 Å². The first-order valence-electron chi connectivity index (χ1n) is 17.3. The highest BCUT2D eigenvalue weighted by molar-refractivity contribution is 6.22. The highest BCUT2D eigenvalue weighted by Gasteiger charge is 2.18. The van der Waals surface area contributed by atoms with Crippen molar-refractivity contribution in [1.82, 2.24) is 9.55 Å². The Labute approximate surface area is 296 Å². The molecule has 10 rings (SSSR count). The molecule has 0 bridgehead atoms. The Morgan fingerprint density at radius 1 is 0.412 bits per heavy atom. The van der Waals surface area contributed by atoms with E-state index in [9.17, 15) is 0 Å². The minimum absolute atomic E-state index is 1.05. The van der Waals surface area contributed by atoms with Crippen LogP contribution in [0.15, 0.2) is 182 Å². The van der Waals surface area contributed by atoms with E-state index in [0.29, 0.717) is 0 Å². The zero-order valence-electron chi connectivity index (χ0n) is 27.7. The molecule has 0 fully saturated rings. The van der Waals surface area contributed by atoms with Crippen LogP contribution < -0.4 is 0 Å². The van der Waals surface area contributed by atoms with Crippen LogP contribution in [0.25, 0.3) is 93.5 Å². The molecule has 2 nitrogen and oxygen atoms in total. The summed E-state index contributed by atoms with van der Waals surface area (Å²) < 4.78 is 2.32. The van der Waals surface area contributed by atoms with Gasteiger partial charge in [-0.15, -0.1) is 0 Å². The third-order valence-corrected chi connectivity index (χ3v) is 10.1. The number of hydrogen-bond acceptors (Lipinski definition) is 1. The van der Waals surface area contributed by atoms with E-state index in [4.69, 9.17) is 0 Å². The molecule has 0 atom stereocenters. The van der Waals surface area contributed by atoms with E-state index in [1.807, 2.05) is 24.5 Å². The van der Waals surface area contributed by atoms with E-state index < -0.39 is 0 Å². The van der Waals surface area contributed by atoms with Gasteiger partial charge in [0.15, 0.2) is 0 Å². The molecule has 236 valence electrons. The fourth-order valence-corrected chi connectivity index (χ4v) is 7.82. The maximum atomic E-state index is 4.49. The molecule has 0 N–H and O–H groups in total. The van der Waals surface area contributed by atoms with Gasteiger partial charge in [-0.3, -0.25) is 4.98 Å². The van der Waals surface area contributed by atoms with Crippen molar-refractivity contribution in [1.29, 1.82) is 0 Å². The van der Waals surface area contributed by atoms with Gasteiger partial charge in [0, 0.05) is 40.0 Å². The van der Waals surface area contributed by atoms with Gasteiger partial charge in [-0.25, -0.2) is 0 Å². The van der Waals surface area contributed by atoms with Crippen molar-refractivity contribution in [2.75, 3.05) is 0 Å². The molecule has 0 spiro atoms. The Hall–Kier alpha value is -6.95. The van der Waals surface area contributed by atoms with Crippen LogP contribution in [0.4, 0.5) is 0 Å². The molecule has 2 aromatic heterocycles. The van der Waals surface area contributed by atoms with Gasteiger partial charge < -0.3 is 4.57 Å². The van der Waals surface area contributed by atoms with E-state index >= 15 is 0 Å². The fourth-order valence-electron chi connectivity index (χ4n) is 7.82. The Bertz CT molecular complexity index is 2870. The molecular weight excluding hydrogens is 617 g/mol. The lowest BCUT2D eigenvalue weighted by molar-refractivity contribution is 1.17. The summed E-state index contributed by atoms with van der Waals surface area (Å²) in [5, 5.41) is 7.23. The predicted octanol–water partition coefficient (Wildman–Crippen LogP) is 12.8. The summed E-state index contributed by atoms with van der Waals surface area (Å²) in [5.41, 5.74) is 12.9. The minimum Gasteiger partial charge on any atom is -0.309 e.